The Balaban J connectivity index is 2.19. The fraction of sp³-hybridized carbons (Fsp3) is 0.200. The van der Waals surface area contributed by atoms with Crippen LogP contribution in [0.2, 0.25) is 0 Å². The zero-order valence-electron chi connectivity index (χ0n) is 11.1. The highest BCUT2D eigenvalue weighted by molar-refractivity contribution is 5.73. The third-order valence-electron chi connectivity index (χ3n) is 3.61. The third kappa shape index (κ3) is 1.87. The number of anilines is 2. The van der Waals surface area contributed by atoms with Crippen molar-refractivity contribution < 1.29 is 5.03 Å². The van der Waals surface area contributed by atoms with Crippen molar-refractivity contribution in [3.63, 3.8) is 0 Å². The topological polar surface area (TPSA) is 58.4 Å². The molecule has 1 N–H and O–H groups in total. The van der Waals surface area contributed by atoms with Gasteiger partial charge in [0, 0.05) is 22.5 Å². The quantitative estimate of drug-likeness (QED) is 0.685. The predicted octanol–water partition coefficient (Wildman–Crippen LogP) is 3.35. The Morgan fingerprint density at radius 1 is 1.10 bits per heavy atom. The van der Waals surface area contributed by atoms with Gasteiger partial charge in [0.2, 0.25) is 0 Å². The van der Waals surface area contributed by atoms with Crippen molar-refractivity contribution >= 4 is 11.4 Å². The molecule has 1 aliphatic heterocycles. The van der Waals surface area contributed by atoms with Gasteiger partial charge in [-0.25, -0.2) is 10.1 Å². The number of benzene rings is 2. The number of rotatable bonds is 3. The van der Waals surface area contributed by atoms with Gasteiger partial charge in [-0.05, 0) is 19.1 Å². The zero-order chi connectivity index (χ0) is 14.1. The molecule has 0 spiro atoms. The van der Waals surface area contributed by atoms with Gasteiger partial charge in [0.1, 0.15) is 6.04 Å². The van der Waals surface area contributed by atoms with Crippen LogP contribution in [-0.4, -0.2) is 16.6 Å². The van der Waals surface area contributed by atoms with Crippen molar-refractivity contribution in [2.75, 3.05) is 11.9 Å². The van der Waals surface area contributed by atoms with Crippen molar-refractivity contribution in [2.24, 2.45) is 0 Å². The smallest absolute Gasteiger partial charge is 0.161 e. The fourth-order valence-electron chi connectivity index (χ4n) is 2.72. The molecule has 5 heteroatoms. The van der Waals surface area contributed by atoms with E-state index in [-0.39, 0.29) is 11.1 Å². The first-order valence-electron chi connectivity index (χ1n) is 6.58. The Morgan fingerprint density at radius 2 is 1.60 bits per heavy atom. The van der Waals surface area contributed by atoms with Crippen LogP contribution in [-0.2, 0) is 0 Å². The van der Waals surface area contributed by atoms with E-state index < -0.39 is 0 Å². The molecule has 0 fully saturated rings. The second-order valence-electron chi connectivity index (χ2n) is 4.70. The molecular weight excluding hydrogens is 254 g/mol. The van der Waals surface area contributed by atoms with Crippen LogP contribution in [0.15, 0.2) is 48.5 Å². The maximum atomic E-state index is 11.4. The Kier molecular flexibility index (Phi) is 3.02. The normalized spacial score (nSPS) is 13.1. The summed E-state index contributed by atoms with van der Waals surface area (Å²) in [6.07, 6.45) is 0. The molecule has 2 aromatic rings. The van der Waals surface area contributed by atoms with Crippen LogP contribution in [0.1, 0.15) is 24.1 Å². The number of hydrogen-bond acceptors (Lipinski definition) is 3. The second kappa shape index (κ2) is 4.85. The average molecular weight is 269 g/mol. The van der Waals surface area contributed by atoms with E-state index in [0.717, 1.165) is 22.5 Å². The van der Waals surface area contributed by atoms with Crippen LogP contribution in [0.25, 0.3) is 0 Å². The molecule has 0 bridgehead atoms. The SMILES string of the molecule is CCN(C1c2ccccc2Nc2ccccc21)[N+](=O)[O-]. The summed E-state index contributed by atoms with van der Waals surface area (Å²) in [5.41, 5.74) is 3.72. The van der Waals surface area contributed by atoms with Crippen molar-refractivity contribution in [1.29, 1.82) is 0 Å². The molecule has 20 heavy (non-hydrogen) atoms. The molecule has 0 aliphatic carbocycles. The molecule has 2 aromatic carbocycles. The van der Waals surface area contributed by atoms with E-state index in [1.165, 1.54) is 5.01 Å². The maximum Gasteiger partial charge on any atom is 0.161 e. The molecule has 5 nitrogen and oxygen atoms in total. The summed E-state index contributed by atoms with van der Waals surface area (Å²) in [5.74, 6) is 0. The van der Waals surface area contributed by atoms with Crippen molar-refractivity contribution in [3.05, 3.63) is 69.8 Å². The number of para-hydroxylation sites is 2. The van der Waals surface area contributed by atoms with Crippen LogP contribution in [0.5, 0.6) is 0 Å². The number of hydrogen-bond donors (Lipinski definition) is 1. The minimum atomic E-state index is -0.358. The van der Waals surface area contributed by atoms with Crippen LogP contribution < -0.4 is 5.32 Å². The third-order valence-corrected chi connectivity index (χ3v) is 3.61. The highest BCUT2D eigenvalue weighted by atomic mass is 16.7. The Hall–Kier alpha value is -2.56. The lowest BCUT2D eigenvalue weighted by molar-refractivity contribution is -0.663. The van der Waals surface area contributed by atoms with Gasteiger partial charge in [-0.1, -0.05) is 36.4 Å². The lowest BCUT2D eigenvalue weighted by Crippen LogP contribution is -2.36. The van der Waals surface area contributed by atoms with E-state index in [1.807, 2.05) is 48.5 Å². The summed E-state index contributed by atoms with van der Waals surface area (Å²) in [6, 6.07) is 15.1. The average Bonchev–Trinajstić information content (AvgIpc) is 2.47. The maximum absolute atomic E-state index is 11.4. The van der Waals surface area contributed by atoms with Crippen LogP contribution in [0.4, 0.5) is 11.4 Å². The van der Waals surface area contributed by atoms with E-state index in [4.69, 9.17) is 0 Å². The molecule has 0 saturated carbocycles. The standard InChI is InChI=1S/C15H15N3O2/c1-2-17(18(19)20)15-11-7-3-5-9-13(11)16-14-10-6-4-8-12(14)15/h3-10,15-16H,2H2,1H3. The van der Waals surface area contributed by atoms with E-state index in [1.54, 1.807) is 6.92 Å². The summed E-state index contributed by atoms with van der Waals surface area (Å²) >= 11 is 0. The van der Waals surface area contributed by atoms with Gasteiger partial charge in [0.15, 0.2) is 5.03 Å². The van der Waals surface area contributed by atoms with Gasteiger partial charge in [0.25, 0.3) is 0 Å². The van der Waals surface area contributed by atoms with Crippen LogP contribution >= 0.6 is 0 Å². The first-order chi connectivity index (χ1) is 9.72. The number of nitrogens with zero attached hydrogens (tertiary/aromatic N) is 2. The van der Waals surface area contributed by atoms with Crippen molar-refractivity contribution in [1.82, 2.24) is 5.01 Å². The zero-order valence-corrected chi connectivity index (χ0v) is 11.1. The first kappa shape index (κ1) is 12.5. The molecule has 0 amide bonds. The van der Waals surface area contributed by atoms with E-state index in [2.05, 4.69) is 5.32 Å². The predicted molar refractivity (Wildman–Crippen MR) is 77.4 cm³/mol. The summed E-state index contributed by atoms with van der Waals surface area (Å²) in [4.78, 5) is 11.4. The summed E-state index contributed by atoms with van der Waals surface area (Å²) in [6.45, 7) is 2.15. The molecule has 0 unspecified atom stereocenters. The molecule has 1 heterocycles. The largest absolute Gasteiger partial charge is 0.355 e. The molecule has 0 radical (unpaired) electrons. The molecular formula is C15H15N3O2. The van der Waals surface area contributed by atoms with E-state index in [0.29, 0.717) is 6.54 Å². The second-order valence-corrected chi connectivity index (χ2v) is 4.70. The molecule has 0 saturated heterocycles. The highest BCUT2D eigenvalue weighted by Crippen LogP contribution is 2.42. The van der Waals surface area contributed by atoms with Gasteiger partial charge in [-0.2, -0.15) is 0 Å². The Morgan fingerprint density at radius 3 is 2.05 bits per heavy atom. The van der Waals surface area contributed by atoms with Crippen LogP contribution in [0.3, 0.4) is 0 Å². The number of fused-ring (bicyclic) bond motifs is 2. The summed E-state index contributed by atoms with van der Waals surface area (Å²) < 4.78 is 0. The fourth-order valence-corrected chi connectivity index (χ4v) is 2.72. The van der Waals surface area contributed by atoms with Crippen molar-refractivity contribution in [2.45, 2.75) is 13.0 Å². The molecule has 0 aromatic heterocycles. The van der Waals surface area contributed by atoms with Gasteiger partial charge in [0.05, 0.1) is 6.54 Å². The van der Waals surface area contributed by atoms with Crippen LogP contribution in [0, 0.1) is 10.1 Å². The first-order valence-corrected chi connectivity index (χ1v) is 6.58. The number of nitrogens with one attached hydrogen (secondary N) is 1. The van der Waals surface area contributed by atoms with E-state index in [9.17, 15) is 10.1 Å². The van der Waals surface area contributed by atoms with Gasteiger partial charge in [-0.3, -0.25) is 0 Å². The van der Waals surface area contributed by atoms with Gasteiger partial charge in [-0.15, -0.1) is 5.01 Å². The lowest BCUT2D eigenvalue weighted by Gasteiger charge is -2.32. The molecule has 3 rings (SSSR count). The monoisotopic (exact) mass is 269 g/mol. The number of nitro groups is 1. The minimum Gasteiger partial charge on any atom is -0.355 e. The summed E-state index contributed by atoms with van der Waals surface area (Å²) in [5, 5.41) is 15.7. The minimum absolute atomic E-state index is 0.316. The van der Waals surface area contributed by atoms with Gasteiger partial charge < -0.3 is 5.32 Å². The number of hydrazine groups is 1. The van der Waals surface area contributed by atoms with Gasteiger partial charge >= 0.3 is 0 Å². The summed E-state index contributed by atoms with van der Waals surface area (Å²) in [7, 11) is 0. The molecule has 1 aliphatic rings. The Labute approximate surface area is 117 Å². The highest BCUT2D eigenvalue weighted by Gasteiger charge is 2.34. The molecule has 102 valence electrons. The Bertz CT molecular complexity index is 612. The lowest BCUT2D eigenvalue weighted by atomic mass is 9.91. The molecule has 0 atom stereocenters. The van der Waals surface area contributed by atoms with E-state index >= 15 is 0 Å². The van der Waals surface area contributed by atoms with Crippen molar-refractivity contribution in [3.8, 4) is 0 Å².